The van der Waals surface area contributed by atoms with Gasteiger partial charge in [0.1, 0.15) is 5.82 Å². The van der Waals surface area contributed by atoms with Crippen molar-refractivity contribution in [3.05, 3.63) is 59.4 Å². The van der Waals surface area contributed by atoms with Gasteiger partial charge in [-0.2, -0.15) is 0 Å². The number of nitrogens with zero attached hydrogens (tertiary/aromatic N) is 2. The molecule has 0 aliphatic carbocycles. The number of hydrogen-bond acceptors (Lipinski definition) is 2. The van der Waals surface area contributed by atoms with Gasteiger partial charge in [-0.1, -0.05) is 30.3 Å². The number of hydrogen-bond donors (Lipinski definition) is 0. The van der Waals surface area contributed by atoms with Crippen LogP contribution in [0.3, 0.4) is 0 Å². The number of para-hydroxylation sites is 2. The van der Waals surface area contributed by atoms with E-state index >= 15 is 0 Å². The zero-order chi connectivity index (χ0) is 14.8. The highest BCUT2D eigenvalue weighted by Crippen LogP contribution is 2.27. The van der Waals surface area contributed by atoms with Gasteiger partial charge < -0.3 is 4.74 Å². The summed E-state index contributed by atoms with van der Waals surface area (Å²) in [4.78, 5) is 4.70. The van der Waals surface area contributed by atoms with Crippen molar-refractivity contribution in [3.63, 3.8) is 0 Å². The number of alkyl halides is 1. The molecule has 0 unspecified atom stereocenters. The van der Waals surface area contributed by atoms with E-state index in [4.69, 9.17) is 21.3 Å². The standard InChI is InChI=1S/C17H17ClN2O/c1-12-6-5-9-15-17(12)19-16(10-18)20(15)14-8-4-3-7-13(14)11-21-2/h3-9H,10-11H2,1-2H3. The summed E-state index contributed by atoms with van der Waals surface area (Å²) in [5.41, 5.74) is 5.42. The molecule has 0 fully saturated rings. The summed E-state index contributed by atoms with van der Waals surface area (Å²) in [6, 6.07) is 14.4. The second-order valence-electron chi connectivity index (χ2n) is 5.00. The average molecular weight is 301 g/mol. The van der Waals surface area contributed by atoms with Gasteiger partial charge >= 0.3 is 0 Å². The highest BCUT2D eigenvalue weighted by Gasteiger charge is 2.15. The van der Waals surface area contributed by atoms with Gasteiger partial charge in [0.25, 0.3) is 0 Å². The molecule has 21 heavy (non-hydrogen) atoms. The molecule has 0 bridgehead atoms. The molecule has 0 atom stereocenters. The molecule has 1 heterocycles. The van der Waals surface area contributed by atoms with Crippen LogP contribution in [0.4, 0.5) is 0 Å². The highest BCUT2D eigenvalue weighted by molar-refractivity contribution is 6.17. The van der Waals surface area contributed by atoms with E-state index in [9.17, 15) is 0 Å². The third kappa shape index (κ3) is 2.43. The number of aryl methyl sites for hydroxylation is 1. The molecule has 2 aromatic carbocycles. The summed E-state index contributed by atoms with van der Waals surface area (Å²) in [6.45, 7) is 2.63. The molecule has 0 radical (unpaired) electrons. The first kappa shape index (κ1) is 14.1. The minimum absolute atomic E-state index is 0.370. The Balaban J connectivity index is 2.32. The van der Waals surface area contributed by atoms with E-state index < -0.39 is 0 Å². The summed E-state index contributed by atoms with van der Waals surface area (Å²) < 4.78 is 7.44. The predicted octanol–water partition coefficient (Wildman–Crippen LogP) is 4.22. The second-order valence-corrected chi connectivity index (χ2v) is 5.27. The fourth-order valence-electron chi connectivity index (χ4n) is 2.65. The molecule has 108 valence electrons. The van der Waals surface area contributed by atoms with Crippen molar-refractivity contribution in [2.75, 3.05) is 7.11 Å². The lowest BCUT2D eigenvalue weighted by atomic mass is 10.1. The smallest absolute Gasteiger partial charge is 0.129 e. The number of ether oxygens (including phenoxy) is 1. The molecular weight excluding hydrogens is 284 g/mol. The Bertz CT molecular complexity index is 780. The number of halogens is 1. The number of aromatic nitrogens is 2. The van der Waals surface area contributed by atoms with E-state index in [0.29, 0.717) is 12.5 Å². The third-order valence-corrected chi connectivity index (χ3v) is 3.85. The first-order chi connectivity index (χ1) is 10.3. The maximum atomic E-state index is 6.12. The summed E-state index contributed by atoms with van der Waals surface area (Å²) in [7, 11) is 1.70. The van der Waals surface area contributed by atoms with Crippen LogP contribution in [0.2, 0.25) is 0 Å². The van der Waals surface area contributed by atoms with Crippen molar-refractivity contribution < 1.29 is 4.74 Å². The fraction of sp³-hybridized carbons (Fsp3) is 0.235. The number of rotatable bonds is 4. The van der Waals surface area contributed by atoms with Crippen molar-refractivity contribution >= 4 is 22.6 Å². The fourth-order valence-corrected chi connectivity index (χ4v) is 2.83. The normalized spacial score (nSPS) is 11.2. The minimum atomic E-state index is 0.370. The molecule has 0 aliphatic rings. The largest absolute Gasteiger partial charge is 0.380 e. The number of methoxy groups -OCH3 is 1. The Morgan fingerprint density at radius 3 is 2.71 bits per heavy atom. The van der Waals surface area contributed by atoms with Crippen LogP contribution in [0.25, 0.3) is 16.7 Å². The summed E-state index contributed by atoms with van der Waals surface area (Å²) in [5, 5.41) is 0. The third-order valence-electron chi connectivity index (χ3n) is 3.61. The van der Waals surface area contributed by atoms with Crippen LogP contribution in [0.5, 0.6) is 0 Å². The van der Waals surface area contributed by atoms with E-state index in [0.717, 1.165) is 33.7 Å². The van der Waals surface area contributed by atoms with Crippen LogP contribution >= 0.6 is 11.6 Å². The molecule has 3 nitrogen and oxygen atoms in total. The van der Waals surface area contributed by atoms with Crippen molar-refractivity contribution in [1.82, 2.24) is 9.55 Å². The van der Waals surface area contributed by atoms with E-state index in [1.165, 1.54) is 0 Å². The molecule has 0 aliphatic heterocycles. The molecule has 3 rings (SSSR count). The lowest BCUT2D eigenvalue weighted by Crippen LogP contribution is -2.04. The first-order valence-corrected chi connectivity index (χ1v) is 7.40. The lowest BCUT2D eigenvalue weighted by molar-refractivity contribution is 0.185. The molecule has 1 aromatic heterocycles. The van der Waals surface area contributed by atoms with Gasteiger partial charge in [0.05, 0.1) is 29.2 Å². The van der Waals surface area contributed by atoms with Gasteiger partial charge in [0, 0.05) is 12.7 Å². The van der Waals surface area contributed by atoms with Crippen molar-refractivity contribution in [2.45, 2.75) is 19.4 Å². The number of benzene rings is 2. The van der Waals surface area contributed by atoms with Gasteiger partial charge in [-0.3, -0.25) is 4.57 Å². The maximum Gasteiger partial charge on any atom is 0.129 e. The topological polar surface area (TPSA) is 27.1 Å². The molecule has 0 N–H and O–H groups in total. The minimum Gasteiger partial charge on any atom is -0.380 e. The van der Waals surface area contributed by atoms with E-state index in [2.05, 4.69) is 35.8 Å². The molecule has 0 saturated heterocycles. The Kier molecular flexibility index (Phi) is 3.95. The lowest BCUT2D eigenvalue weighted by Gasteiger charge is -2.13. The zero-order valence-corrected chi connectivity index (χ0v) is 12.9. The molecular formula is C17H17ClN2O. The molecule has 3 aromatic rings. The summed E-state index contributed by atoms with van der Waals surface area (Å²) in [6.07, 6.45) is 0. The van der Waals surface area contributed by atoms with Crippen molar-refractivity contribution in [2.24, 2.45) is 0 Å². The SMILES string of the molecule is COCc1ccccc1-n1c(CCl)nc2c(C)cccc21. The Hall–Kier alpha value is -1.84. The van der Waals surface area contributed by atoms with Gasteiger partial charge in [-0.25, -0.2) is 4.98 Å². The number of fused-ring (bicyclic) bond motifs is 1. The van der Waals surface area contributed by atoms with Crippen LogP contribution in [0.1, 0.15) is 17.0 Å². The maximum absolute atomic E-state index is 6.12. The van der Waals surface area contributed by atoms with Gasteiger partial charge in [0.2, 0.25) is 0 Å². The van der Waals surface area contributed by atoms with Crippen LogP contribution in [-0.2, 0) is 17.2 Å². The van der Waals surface area contributed by atoms with Crippen LogP contribution < -0.4 is 0 Å². The first-order valence-electron chi connectivity index (χ1n) is 6.86. The van der Waals surface area contributed by atoms with Crippen molar-refractivity contribution in [3.8, 4) is 5.69 Å². The molecule has 0 amide bonds. The van der Waals surface area contributed by atoms with Crippen LogP contribution in [-0.4, -0.2) is 16.7 Å². The van der Waals surface area contributed by atoms with Gasteiger partial charge in [-0.05, 0) is 24.6 Å². The highest BCUT2D eigenvalue weighted by atomic mass is 35.5. The van der Waals surface area contributed by atoms with Crippen LogP contribution in [0, 0.1) is 6.92 Å². The van der Waals surface area contributed by atoms with Gasteiger partial charge in [-0.15, -0.1) is 11.6 Å². The Morgan fingerprint density at radius 2 is 1.95 bits per heavy atom. The summed E-state index contributed by atoms with van der Waals surface area (Å²) >= 11 is 6.12. The van der Waals surface area contributed by atoms with E-state index in [1.54, 1.807) is 7.11 Å². The van der Waals surface area contributed by atoms with Gasteiger partial charge in [0.15, 0.2) is 0 Å². The predicted molar refractivity (Wildman–Crippen MR) is 86.1 cm³/mol. The number of imidazole rings is 1. The summed E-state index contributed by atoms with van der Waals surface area (Å²) in [5.74, 6) is 1.22. The van der Waals surface area contributed by atoms with E-state index in [1.807, 2.05) is 18.2 Å². The quantitative estimate of drug-likeness (QED) is 0.675. The molecule has 0 saturated carbocycles. The second kappa shape index (κ2) is 5.88. The molecule has 4 heteroatoms. The Labute approximate surface area is 129 Å². The van der Waals surface area contributed by atoms with Crippen molar-refractivity contribution in [1.29, 1.82) is 0 Å². The van der Waals surface area contributed by atoms with Crippen LogP contribution in [0.15, 0.2) is 42.5 Å². The average Bonchev–Trinajstić information content (AvgIpc) is 2.88. The Morgan fingerprint density at radius 1 is 1.14 bits per heavy atom. The van der Waals surface area contributed by atoms with E-state index in [-0.39, 0.29) is 0 Å². The monoisotopic (exact) mass is 300 g/mol. The molecule has 0 spiro atoms. The zero-order valence-electron chi connectivity index (χ0n) is 12.1.